The fourth-order valence-corrected chi connectivity index (χ4v) is 4.21. The second-order valence-electron chi connectivity index (χ2n) is 7.03. The van der Waals surface area contributed by atoms with Gasteiger partial charge in [0.15, 0.2) is 11.5 Å². The van der Waals surface area contributed by atoms with Crippen LogP contribution >= 0.6 is 0 Å². The Morgan fingerprint density at radius 3 is 2.92 bits per heavy atom. The number of rotatable bonds is 3. The molecule has 1 aromatic heterocycles. The van der Waals surface area contributed by atoms with Gasteiger partial charge in [-0.25, -0.2) is 0 Å². The molecule has 130 valence electrons. The maximum atomic E-state index is 13.1. The predicted molar refractivity (Wildman–Crippen MR) is 90.7 cm³/mol. The molecule has 0 spiro atoms. The first-order chi connectivity index (χ1) is 12.3. The number of carbonyl (C=O) groups is 1. The molecule has 3 atom stereocenters. The zero-order valence-electron chi connectivity index (χ0n) is 14.0. The smallest absolute Gasteiger partial charge is 0.226 e. The third-order valence-corrected chi connectivity index (χ3v) is 5.51. The van der Waals surface area contributed by atoms with Crippen LogP contribution in [0, 0.1) is 5.92 Å². The maximum absolute atomic E-state index is 13.1. The molecule has 1 aromatic carbocycles. The van der Waals surface area contributed by atoms with Crippen molar-refractivity contribution in [3.05, 3.63) is 47.9 Å². The lowest BCUT2D eigenvalue weighted by molar-refractivity contribution is -0.133. The van der Waals surface area contributed by atoms with Gasteiger partial charge in [-0.05, 0) is 37.5 Å². The molecule has 2 aromatic rings. The lowest BCUT2D eigenvalue weighted by Crippen LogP contribution is -2.32. The highest BCUT2D eigenvalue weighted by Crippen LogP contribution is 2.51. The molecule has 5 rings (SSSR count). The largest absolute Gasteiger partial charge is 0.486 e. The van der Waals surface area contributed by atoms with Gasteiger partial charge in [0, 0.05) is 23.9 Å². The van der Waals surface area contributed by atoms with E-state index in [9.17, 15) is 4.79 Å². The molecular formula is C20H21NO4. The fraction of sp³-hybridized carbons (Fsp3) is 0.450. The number of benzene rings is 1. The standard InChI is InChI=1S/C20H21NO4/c22-20(15-12-14(15)17-7-3-9-23-17)21-8-2-5-16(21)13-4-1-6-18-19(13)25-11-10-24-18/h1,3-4,6-7,9,14-16H,2,5,8,10-12H2/t14-,15+,16-/m0/s1. The highest BCUT2D eigenvalue weighted by Gasteiger charge is 2.49. The van der Waals surface area contributed by atoms with Crippen LogP contribution in [0.5, 0.6) is 11.5 Å². The van der Waals surface area contributed by atoms with E-state index in [1.165, 1.54) is 0 Å². The summed E-state index contributed by atoms with van der Waals surface area (Å²) in [6.45, 7) is 1.96. The highest BCUT2D eigenvalue weighted by atomic mass is 16.6. The minimum absolute atomic E-state index is 0.0588. The normalized spacial score (nSPS) is 27.4. The Labute approximate surface area is 146 Å². The molecule has 0 bridgehead atoms. The topological polar surface area (TPSA) is 51.9 Å². The summed E-state index contributed by atoms with van der Waals surface area (Å²) in [5, 5.41) is 0. The minimum atomic E-state index is 0.0588. The van der Waals surface area contributed by atoms with E-state index in [1.807, 2.05) is 29.2 Å². The van der Waals surface area contributed by atoms with Crippen molar-refractivity contribution in [3.63, 3.8) is 0 Å². The summed E-state index contributed by atoms with van der Waals surface area (Å²) in [7, 11) is 0. The molecule has 1 saturated carbocycles. The maximum Gasteiger partial charge on any atom is 0.226 e. The average Bonchev–Trinajstić information content (AvgIpc) is 3.07. The Morgan fingerprint density at radius 2 is 2.04 bits per heavy atom. The minimum Gasteiger partial charge on any atom is -0.486 e. The van der Waals surface area contributed by atoms with Crippen LogP contribution in [-0.4, -0.2) is 30.6 Å². The van der Waals surface area contributed by atoms with Crippen LogP contribution in [0.3, 0.4) is 0 Å². The van der Waals surface area contributed by atoms with Gasteiger partial charge in [-0.3, -0.25) is 4.79 Å². The van der Waals surface area contributed by atoms with Crippen molar-refractivity contribution < 1.29 is 18.7 Å². The number of para-hydroxylation sites is 1. The molecule has 2 fully saturated rings. The summed E-state index contributed by atoms with van der Waals surface area (Å²) in [5.74, 6) is 3.09. The number of nitrogens with zero attached hydrogens (tertiary/aromatic N) is 1. The summed E-state index contributed by atoms with van der Waals surface area (Å²) >= 11 is 0. The van der Waals surface area contributed by atoms with Crippen molar-refractivity contribution in [1.29, 1.82) is 0 Å². The number of hydrogen-bond acceptors (Lipinski definition) is 4. The monoisotopic (exact) mass is 339 g/mol. The molecule has 0 radical (unpaired) electrons. The highest BCUT2D eigenvalue weighted by molar-refractivity contribution is 5.83. The van der Waals surface area contributed by atoms with E-state index in [0.717, 1.165) is 48.6 Å². The van der Waals surface area contributed by atoms with Gasteiger partial charge in [-0.2, -0.15) is 0 Å². The zero-order valence-corrected chi connectivity index (χ0v) is 14.0. The van der Waals surface area contributed by atoms with Gasteiger partial charge >= 0.3 is 0 Å². The van der Waals surface area contributed by atoms with Gasteiger partial charge < -0.3 is 18.8 Å². The number of furan rings is 1. The lowest BCUT2D eigenvalue weighted by Gasteiger charge is -2.29. The van der Waals surface area contributed by atoms with Crippen molar-refractivity contribution in [2.24, 2.45) is 5.92 Å². The molecule has 2 aliphatic heterocycles. The molecule has 0 N–H and O–H groups in total. The third kappa shape index (κ3) is 2.49. The van der Waals surface area contributed by atoms with E-state index in [2.05, 4.69) is 6.07 Å². The Morgan fingerprint density at radius 1 is 1.12 bits per heavy atom. The molecule has 1 aliphatic carbocycles. The number of likely N-dealkylation sites (tertiary alicyclic amines) is 1. The van der Waals surface area contributed by atoms with E-state index in [1.54, 1.807) is 6.26 Å². The molecule has 25 heavy (non-hydrogen) atoms. The first-order valence-electron chi connectivity index (χ1n) is 9.05. The second-order valence-corrected chi connectivity index (χ2v) is 7.03. The summed E-state index contributed by atoms with van der Waals surface area (Å²) in [5.41, 5.74) is 1.08. The number of carbonyl (C=O) groups excluding carboxylic acids is 1. The van der Waals surface area contributed by atoms with Gasteiger partial charge in [0.25, 0.3) is 0 Å². The summed E-state index contributed by atoms with van der Waals surface area (Å²) in [6.07, 6.45) is 4.58. The first-order valence-corrected chi connectivity index (χ1v) is 9.05. The predicted octanol–water partition coefficient (Wildman–Crippen LogP) is 3.52. The van der Waals surface area contributed by atoms with Crippen LogP contribution in [0.1, 0.15) is 42.5 Å². The van der Waals surface area contributed by atoms with Crippen molar-refractivity contribution >= 4 is 5.91 Å². The molecule has 1 amide bonds. The summed E-state index contributed by atoms with van der Waals surface area (Å²) in [6, 6.07) is 9.95. The Bertz CT molecular complexity index is 785. The Kier molecular flexibility index (Phi) is 3.47. The van der Waals surface area contributed by atoms with Crippen LogP contribution in [-0.2, 0) is 4.79 Å². The number of ether oxygens (including phenoxy) is 2. The van der Waals surface area contributed by atoms with Gasteiger partial charge in [0.1, 0.15) is 19.0 Å². The molecule has 3 heterocycles. The van der Waals surface area contributed by atoms with Crippen LogP contribution in [0.15, 0.2) is 41.0 Å². The van der Waals surface area contributed by atoms with Gasteiger partial charge in [0.05, 0.1) is 12.3 Å². The lowest BCUT2D eigenvalue weighted by atomic mass is 10.0. The summed E-state index contributed by atoms with van der Waals surface area (Å²) in [4.78, 5) is 15.1. The van der Waals surface area contributed by atoms with Crippen LogP contribution in [0.4, 0.5) is 0 Å². The van der Waals surface area contributed by atoms with Crippen molar-refractivity contribution in [1.82, 2.24) is 4.90 Å². The van der Waals surface area contributed by atoms with E-state index in [-0.39, 0.29) is 23.8 Å². The number of hydrogen-bond donors (Lipinski definition) is 0. The van der Waals surface area contributed by atoms with Crippen molar-refractivity contribution in [3.8, 4) is 11.5 Å². The second kappa shape index (κ2) is 5.83. The fourth-order valence-electron chi connectivity index (χ4n) is 4.21. The van der Waals surface area contributed by atoms with Gasteiger partial charge in [-0.1, -0.05) is 12.1 Å². The van der Waals surface area contributed by atoms with Gasteiger partial charge in [0.2, 0.25) is 5.91 Å². The summed E-state index contributed by atoms with van der Waals surface area (Å²) < 4.78 is 17.1. The first kappa shape index (κ1) is 14.9. The molecule has 1 saturated heterocycles. The van der Waals surface area contributed by atoms with E-state index < -0.39 is 0 Å². The zero-order chi connectivity index (χ0) is 16.8. The quantitative estimate of drug-likeness (QED) is 0.858. The number of amides is 1. The van der Waals surface area contributed by atoms with E-state index in [0.29, 0.717) is 13.2 Å². The molecule has 0 unspecified atom stereocenters. The Balaban J connectivity index is 1.39. The molecule has 3 aliphatic rings. The Hall–Kier alpha value is -2.43. The van der Waals surface area contributed by atoms with Crippen LogP contribution < -0.4 is 9.47 Å². The van der Waals surface area contributed by atoms with Crippen LogP contribution in [0.25, 0.3) is 0 Å². The van der Waals surface area contributed by atoms with Crippen molar-refractivity contribution in [2.45, 2.75) is 31.2 Å². The number of fused-ring (bicyclic) bond motifs is 1. The van der Waals surface area contributed by atoms with E-state index in [4.69, 9.17) is 13.9 Å². The average molecular weight is 339 g/mol. The van der Waals surface area contributed by atoms with E-state index >= 15 is 0 Å². The van der Waals surface area contributed by atoms with Gasteiger partial charge in [-0.15, -0.1) is 0 Å². The SMILES string of the molecule is O=C([C@@H]1C[C@@H]1c1ccco1)N1CCC[C@H]1c1cccc2c1OCCO2. The molecular weight excluding hydrogens is 318 g/mol. The third-order valence-electron chi connectivity index (χ3n) is 5.51. The molecule has 5 nitrogen and oxygen atoms in total. The molecule has 5 heteroatoms. The van der Waals surface area contributed by atoms with Crippen molar-refractivity contribution in [2.75, 3.05) is 19.8 Å². The van der Waals surface area contributed by atoms with Crippen LogP contribution in [0.2, 0.25) is 0 Å².